The Morgan fingerprint density at radius 2 is 1.60 bits per heavy atom. The molecular formula is C50H59NO15S. The van der Waals surface area contributed by atoms with Crippen LogP contribution in [-0.2, 0) is 54.1 Å². The lowest BCUT2D eigenvalue weighted by molar-refractivity contribution is -0.346. The molecule has 17 heteroatoms. The minimum Gasteiger partial charge on any atom is -0.457 e. The van der Waals surface area contributed by atoms with E-state index in [1.54, 1.807) is 115 Å². The van der Waals surface area contributed by atoms with Gasteiger partial charge in [-0.1, -0.05) is 68.4 Å². The zero-order valence-electron chi connectivity index (χ0n) is 39.1. The average molecular weight is 946 g/mol. The molecule has 1 amide bonds. The van der Waals surface area contributed by atoms with E-state index in [1.807, 2.05) is 0 Å². The van der Waals surface area contributed by atoms with Gasteiger partial charge in [-0.2, -0.15) is 0 Å². The Hall–Kier alpha value is -5.62. The molecule has 2 unspecified atom stereocenters. The Kier molecular flexibility index (Phi) is 13.6. The van der Waals surface area contributed by atoms with Gasteiger partial charge < -0.3 is 48.7 Å². The third kappa shape index (κ3) is 9.10. The summed E-state index contributed by atoms with van der Waals surface area (Å²) in [6, 6.07) is 19.3. The van der Waals surface area contributed by atoms with Gasteiger partial charge in [0.05, 0.1) is 35.5 Å². The van der Waals surface area contributed by atoms with Gasteiger partial charge in [-0.05, 0) is 81.8 Å². The largest absolute Gasteiger partial charge is 0.508 e. The van der Waals surface area contributed by atoms with Crippen LogP contribution >= 0.6 is 11.3 Å². The molecule has 2 heterocycles. The molecule has 0 spiro atoms. The van der Waals surface area contributed by atoms with Crippen molar-refractivity contribution in [2.24, 2.45) is 22.7 Å². The number of thiophene rings is 1. The van der Waals surface area contributed by atoms with Crippen molar-refractivity contribution >= 4 is 47.3 Å². The zero-order chi connectivity index (χ0) is 48.9. The maximum absolute atomic E-state index is 15.6. The van der Waals surface area contributed by atoms with E-state index >= 15 is 4.79 Å². The van der Waals surface area contributed by atoms with Crippen LogP contribution in [0.4, 0.5) is 9.59 Å². The number of aliphatic hydroxyl groups excluding tert-OH is 1. The molecule has 3 fully saturated rings. The Morgan fingerprint density at radius 3 is 2.18 bits per heavy atom. The van der Waals surface area contributed by atoms with Crippen molar-refractivity contribution in [3.63, 3.8) is 0 Å². The first-order chi connectivity index (χ1) is 31.4. The Balaban J connectivity index is 1.35. The third-order valence-corrected chi connectivity index (χ3v) is 14.9. The summed E-state index contributed by atoms with van der Waals surface area (Å²) in [5.41, 5.74) is -7.83. The highest BCUT2D eigenvalue weighted by Crippen LogP contribution is 2.64. The Bertz CT molecular complexity index is 2400. The number of ketones is 1. The molecule has 2 bridgehead atoms. The summed E-state index contributed by atoms with van der Waals surface area (Å²) >= 11 is 1.30. The molecule has 1 aliphatic heterocycles. The van der Waals surface area contributed by atoms with E-state index in [0.717, 1.165) is 6.92 Å². The number of carbonyl (C=O) groups is 6. The van der Waals surface area contributed by atoms with Gasteiger partial charge in [-0.3, -0.25) is 14.4 Å². The van der Waals surface area contributed by atoms with E-state index < -0.39 is 118 Å². The lowest BCUT2D eigenvalue weighted by Crippen LogP contribution is -2.82. The maximum atomic E-state index is 15.6. The van der Waals surface area contributed by atoms with E-state index in [-0.39, 0.29) is 36.3 Å². The first-order valence-corrected chi connectivity index (χ1v) is 23.2. The van der Waals surface area contributed by atoms with Gasteiger partial charge in [0.2, 0.25) is 0 Å². The summed E-state index contributed by atoms with van der Waals surface area (Å²) < 4.78 is 42.1. The van der Waals surface area contributed by atoms with Gasteiger partial charge in [-0.15, -0.1) is 11.3 Å². The van der Waals surface area contributed by atoms with E-state index in [2.05, 4.69) is 5.32 Å². The molecule has 360 valence electrons. The van der Waals surface area contributed by atoms with Crippen molar-refractivity contribution in [1.29, 1.82) is 0 Å². The number of nitrogens with one attached hydrogen (secondary N) is 1. The maximum Gasteiger partial charge on any atom is 0.508 e. The first-order valence-electron chi connectivity index (χ1n) is 22.3. The summed E-state index contributed by atoms with van der Waals surface area (Å²) in [4.78, 5) is 85.2. The predicted octanol–water partition coefficient (Wildman–Crippen LogP) is 6.96. The summed E-state index contributed by atoms with van der Waals surface area (Å²) in [7, 11) is 0. The monoisotopic (exact) mass is 945 g/mol. The lowest BCUT2D eigenvalue weighted by Gasteiger charge is -2.67. The highest BCUT2D eigenvalue weighted by Gasteiger charge is 2.79. The van der Waals surface area contributed by atoms with Gasteiger partial charge in [0, 0.05) is 30.1 Å². The van der Waals surface area contributed by atoms with Gasteiger partial charge in [0.25, 0.3) is 0 Å². The number of hydrogen-bond donors (Lipinski definition) is 3. The van der Waals surface area contributed by atoms with Crippen LogP contribution in [0.2, 0.25) is 0 Å². The fourth-order valence-corrected chi connectivity index (χ4v) is 11.4. The summed E-state index contributed by atoms with van der Waals surface area (Å²) in [6.07, 6.45) is -10.4. The van der Waals surface area contributed by atoms with Crippen LogP contribution in [0.1, 0.15) is 102 Å². The van der Waals surface area contributed by atoms with Crippen molar-refractivity contribution in [2.75, 3.05) is 6.61 Å². The highest BCUT2D eigenvalue weighted by molar-refractivity contribution is 7.10. The van der Waals surface area contributed by atoms with Gasteiger partial charge in [-0.25, -0.2) is 14.4 Å². The Morgan fingerprint density at radius 1 is 0.940 bits per heavy atom. The smallest absolute Gasteiger partial charge is 0.457 e. The minimum atomic E-state index is -2.36. The van der Waals surface area contributed by atoms with Crippen LogP contribution in [0, 0.1) is 22.7 Å². The highest BCUT2D eigenvalue weighted by atomic mass is 32.1. The number of hydrogen-bond acceptors (Lipinski definition) is 16. The average Bonchev–Trinajstić information content (AvgIpc) is 3.80. The molecule has 2 saturated carbocycles. The van der Waals surface area contributed by atoms with E-state index in [9.17, 15) is 34.2 Å². The van der Waals surface area contributed by atoms with Crippen molar-refractivity contribution in [2.45, 2.75) is 135 Å². The molecule has 1 aromatic heterocycles. The number of rotatable bonds is 11. The molecule has 3 aromatic rings. The predicted molar refractivity (Wildman–Crippen MR) is 240 cm³/mol. The molecule has 16 nitrogen and oxygen atoms in total. The minimum absolute atomic E-state index is 0.0299. The van der Waals surface area contributed by atoms with E-state index in [0.29, 0.717) is 10.4 Å². The molecule has 2 aromatic carbocycles. The van der Waals surface area contributed by atoms with E-state index in [1.165, 1.54) is 30.4 Å². The van der Waals surface area contributed by atoms with Crippen molar-refractivity contribution in [3.8, 4) is 0 Å². The van der Waals surface area contributed by atoms with Crippen molar-refractivity contribution in [1.82, 2.24) is 5.32 Å². The number of fused-ring (bicyclic) bond motifs is 5. The first kappa shape index (κ1) is 49.3. The molecule has 4 aliphatic rings. The van der Waals surface area contributed by atoms with Crippen molar-refractivity contribution in [3.05, 3.63) is 105 Å². The van der Waals surface area contributed by atoms with E-state index in [4.69, 9.17) is 33.2 Å². The number of ether oxygens (including phenoxy) is 7. The molecule has 3 aliphatic carbocycles. The van der Waals surface area contributed by atoms with Crippen LogP contribution in [0.3, 0.4) is 0 Å². The lowest BCUT2D eigenvalue weighted by atomic mass is 9.44. The number of esters is 3. The van der Waals surface area contributed by atoms with Gasteiger partial charge >= 0.3 is 30.2 Å². The van der Waals surface area contributed by atoms with Crippen molar-refractivity contribution < 1.29 is 72.1 Å². The fraction of sp³-hybridized carbons (Fsp3) is 0.520. The number of amides is 1. The zero-order valence-corrected chi connectivity index (χ0v) is 39.9. The Labute approximate surface area is 393 Å². The summed E-state index contributed by atoms with van der Waals surface area (Å²) in [5, 5.41) is 31.0. The van der Waals surface area contributed by atoms with Crippen LogP contribution in [0.5, 0.6) is 0 Å². The number of benzene rings is 2. The SMILES string of the molecule is CC(=O)O[C@@]12CO[C@@H]1C[C@H](OC(=O)OCc1ccccc1)[C@@]1(C)C(=O)[C@H](O)C3=C(C)[C@@H](OC(=O)[C@H](C)[C@@H](NC(=O)OC(C)(C)C)c4cccs4)C[C@@](O)(C(OC(=O)c4ccccc4)C12)C3(C)C. The molecular weight excluding hydrogens is 887 g/mol. The fourth-order valence-electron chi connectivity index (χ4n) is 10.5. The number of aliphatic hydroxyl groups is 2. The molecule has 3 N–H and O–H groups in total. The molecule has 67 heavy (non-hydrogen) atoms. The van der Waals surface area contributed by atoms with Crippen LogP contribution in [-0.4, -0.2) is 100 Å². The number of Topliss-reactive ketones (excluding diaryl/α,β-unsaturated/α-hetero) is 1. The quantitative estimate of drug-likeness (QED) is 0.101. The van der Waals surface area contributed by atoms with Gasteiger partial charge in [0.1, 0.15) is 48.3 Å². The normalized spacial score (nSPS) is 30.6. The molecule has 0 radical (unpaired) electrons. The third-order valence-electron chi connectivity index (χ3n) is 14.0. The second-order valence-electron chi connectivity index (χ2n) is 19.6. The second-order valence-corrected chi connectivity index (χ2v) is 20.6. The molecule has 7 rings (SSSR count). The summed E-state index contributed by atoms with van der Waals surface area (Å²) in [6.45, 7) is 13.5. The van der Waals surface area contributed by atoms with Gasteiger partial charge in [0.15, 0.2) is 11.4 Å². The summed E-state index contributed by atoms with van der Waals surface area (Å²) in [5.74, 6) is -6.08. The standard InChI is InChI=1S/C50H59NO15S/c1-27-32(62-42(55)28(2)37(33-21-16-22-67-33)51-44(57)66-46(4,5)6)24-50(59)41(64-43(56)31-19-14-11-15-20-31)39-48(9,40(54)38(53)36(27)47(50,7)8)34(23-35-49(39,26-61-35)65-29(3)52)63-45(58)60-25-30-17-12-10-13-18-30/h10-22,28,32,34-35,37-39,41,53,59H,23-26H2,1-9H3,(H,51,57)/t28-,32+,34+,35-,37-,38-,39?,41?,48-,49+,50-/m1/s1. The van der Waals surface area contributed by atoms with Crippen LogP contribution < -0.4 is 5.32 Å². The second kappa shape index (κ2) is 18.5. The number of alkyl carbamates (subject to hydrolysis) is 1. The van der Waals surface area contributed by atoms with Crippen LogP contribution in [0.15, 0.2) is 89.3 Å². The molecule has 11 atom stereocenters. The number of carbonyl (C=O) groups excluding carboxylic acids is 6. The van der Waals surface area contributed by atoms with Crippen LogP contribution in [0.25, 0.3) is 0 Å². The molecule has 1 saturated heterocycles. The topological polar surface area (TPSA) is 220 Å².